The maximum atomic E-state index is 13.9. The van der Waals surface area contributed by atoms with Gasteiger partial charge in [-0.2, -0.15) is 0 Å². The SMILES string of the molecule is CNC(=O)C1CCCN1c1ccc(C(N)=S)c(F)c1. The molecule has 0 bridgehead atoms. The molecule has 2 rings (SSSR count). The number of nitrogens with zero attached hydrogens (tertiary/aromatic N) is 1. The van der Waals surface area contributed by atoms with E-state index in [9.17, 15) is 9.18 Å². The van der Waals surface area contributed by atoms with Gasteiger partial charge < -0.3 is 16.0 Å². The molecule has 19 heavy (non-hydrogen) atoms. The van der Waals surface area contributed by atoms with Crippen molar-refractivity contribution < 1.29 is 9.18 Å². The van der Waals surface area contributed by atoms with E-state index >= 15 is 0 Å². The van der Waals surface area contributed by atoms with Gasteiger partial charge in [-0.3, -0.25) is 4.79 Å². The molecule has 1 unspecified atom stereocenters. The first-order chi connectivity index (χ1) is 9.04. The van der Waals surface area contributed by atoms with Gasteiger partial charge in [0.2, 0.25) is 5.91 Å². The second-order valence-electron chi connectivity index (χ2n) is 4.49. The summed E-state index contributed by atoms with van der Waals surface area (Å²) in [7, 11) is 1.61. The van der Waals surface area contributed by atoms with Crippen LogP contribution in [-0.4, -0.2) is 30.5 Å². The van der Waals surface area contributed by atoms with Gasteiger partial charge in [-0.15, -0.1) is 0 Å². The molecule has 3 N–H and O–H groups in total. The molecule has 1 aromatic carbocycles. The normalized spacial score (nSPS) is 18.4. The number of hydrogen-bond donors (Lipinski definition) is 2. The number of halogens is 1. The third kappa shape index (κ3) is 2.68. The van der Waals surface area contributed by atoms with Crippen molar-refractivity contribution in [1.82, 2.24) is 5.32 Å². The topological polar surface area (TPSA) is 58.4 Å². The molecule has 1 heterocycles. The molecule has 1 saturated heterocycles. The Balaban J connectivity index is 2.29. The Morgan fingerprint density at radius 1 is 1.58 bits per heavy atom. The molecular formula is C13H16FN3OS. The zero-order valence-corrected chi connectivity index (χ0v) is 11.5. The molecule has 1 amide bonds. The van der Waals surface area contributed by atoms with Crippen molar-refractivity contribution >= 4 is 28.8 Å². The van der Waals surface area contributed by atoms with Crippen LogP contribution in [0.25, 0.3) is 0 Å². The summed E-state index contributed by atoms with van der Waals surface area (Å²) in [4.78, 5) is 13.7. The number of thiocarbonyl (C=S) groups is 1. The van der Waals surface area contributed by atoms with Crippen molar-refractivity contribution in [2.24, 2.45) is 5.73 Å². The van der Waals surface area contributed by atoms with Gasteiger partial charge in [0.15, 0.2) is 0 Å². The summed E-state index contributed by atoms with van der Waals surface area (Å²) >= 11 is 4.77. The number of nitrogens with one attached hydrogen (secondary N) is 1. The van der Waals surface area contributed by atoms with E-state index in [1.54, 1.807) is 19.2 Å². The van der Waals surface area contributed by atoms with E-state index in [1.807, 2.05) is 4.90 Å². The van der Waals surface area contributed by atoms with Crippen molar-refractivity contribution in [3.63, 3.8) is 0 Å². The van der Waals surface area contributed by atoms with Crippen LogP contribution in [0.3, 0.4) is 0 Å². The van der Waals surface area contributed by atoms with Gasteiger partial charge in [0, 0.05) is 24.8 Å². The molecule has 4 nitrogen and oxygen atoms in total. The summed E-state index contributed by atoms with van der Waals surface area (Å²) in [6, 6.07) is 4.46. The number of anilines is 1. The minimum Gasteiger partial charge on any atom is -0.389 e. The molecule has 0 aliphatic carbocycles. The molecule has 0 spiro atoms. The molecule has 1 atom stereocenters. The second kappa shape index (κ2) is 5.52. The average molecular weight is 281 g/mol. The standard InChI is InChI=1S/C13H16FN3OS/c1-16-13(18)11-3-2-6-17(11)8-4-5-9(12(15)19)10(14)7-8/h4-5,7,11H,2-3,6H2,1H3,(H2,15,19)(H,16,18). The van der Waals surface area contributed by atoms with Crippen LogP contribution < -0.4 is 16.0 Å². The van der Waals surface area contributed by atoms with Crippen molar-refractivity contribution in [2.75, 3.05) is 18.5 Å². The Morgan fingerprint density at radius 2 is 2.32 bits per heavy atom. The molecular weight excluding hydrogens is 265 g/mol. The highest BCUT2D eigenvalue weighted by molar-refractivity contribution is 7.80. The van der Waals surface area contributed by atoms with Crippen LogP contribution >= 0.6 is 12.2 Å². The van der Waals surface area contributed by atoms with Gasteiger partial charge >= 0.3 is 0 Å². The number of carbonyl (C=O) groups is 1. The molecule has 1 aliphatic rings. The van der Waals surface area contributed by atoms with Gasteiger partial charge in [-0.25, -0.2) is 4.39 Å². The van der Waals surface area contributed by atoms with Crippen molar-refractivity contribution in [2.45, 2.75) is 18.9 Å². The molecule has 6 heteroatoms. The number of benzene rings is 1. The summed E-state index contributed by atoms with van der Waals surface area (Å²) in [6.45, 7) is 0.740. The quantitative estimate of drug-likeness (QED) is 0.817. The minimum absolute atomic E-state index is 0.0355. The van der Waals surface area contributed by atoms with Crippen LogP contribution in [0.15, 0.2) is 18.2 Å². The van der Waals surface area contributed by atoms with Crippen LogP contribution in [0.4, 0.5) is 10.1 Å². The zero-order valence-electron chi connectivity index (χ0n) is 10.6. The van der Waals surface area contributed by atoms with Crippen molar-refractivity contribution in [3.05, 3.63) is 29.6 Å². The average Bonchev–Trinajstić information content (AvgIpc) is 2.86. The van der Waals surface area contributed by atoms with E-state index in [4.69, 9.17) is 18.0 Å². The van der Waals surface area contributed by atoms with Crippen molar-refractivity contribution in [3.8, 4) is 0 Å². The van der Waals surface area contributed by atoms with E-state index < -0.39 is 5.82 Å². The van der Waals surface area contributed by atoms with Gasteiger partial charge in [0.25, 0.3) is 0 Å². The molecule has 1 aromatic rings. The van der Waals surface area contributed by atoms with Crippen LogP contribution in [0.1, 0.15) is 18.4 Å². The third-order valence-corrected chi connectivity index (χ3v) is 3.57. The lowest BCUT2D eigenvalue weighted by Gasteiger charge is -2.25. The Bertz CT molecular complexity index is 521. The van der Waals surface area contributed by atoms with Crippen molar-refractivity contribution in [1.29, 1.82) is 0 Å². The fourth-order valence-corrected chi connectivity index (χ4v) is 2.56. The maximum Gasteiger partial charge on any atom is 0.242 e. The minimum atomic E-state index is -0.451. The summed E-state index contributed by atoms with van der Waals surface area (Å²) in [5.74, 6) is -0.496. The molecule has 102 valence electrons. The fraction of sp³-hybridized carbons (Fsp3) is 0.385. The first-order valence-electron chi connectivity index (χ1n) is 6.12. The third-order valence-electron chi connectivity index (χ3n) is 3.35. The molecule has 1 aliphatic heterocycles. The zero-order chi connectivity index (χ0) is 14.0. The summed E-state index contributed by atoms with van der Waals surface area (Å²) < 4.78 is 13.9. The molecule has 1 fully saturated rings. The number of likely N-dealkylation sites (N-methyl/N-ethyl adjacent to an activating group) is 1. The van der Waals surface area contributed by atoms with E-state index in [0.717, 1.165) is 19.4 Å². The lowest BCUT2D eigenvalue weighted by atomic mass is 10.1. The van der Waals surface area contributed by atoms with Gasteiger partial charge in [-0.1, -0.05) is 12.2 Å². The molecule has 0 aromatic heterocycles. The number of amides is 1. The van der Waals surface area contributed by atoms with E-state index in [-0.39, 0.29) is 22.5 Å². The van der Waals surface area contributed by atoms with Gasteiger partial charge in [-0.05, 0) is 31.0 Å². The Labute approximate surface area is 116 Å². The van der Waals surface area contributed by atoms with Gasteiger partial charge in [0.05, 0.1) is 0 Å². The number of rotatable bonds is 3. The van der Waals surface area contributed by atoms with Crippen LogP contribution in [0.2, 0.25) is 0 Å². The van der Waals surface area contributed by atoms with E-state index in [0.29, 0.717) is 5.69 Å². The molecule has 0 radical (unpaired) electrons. The Hall–Kier alpha value is -1.69. The number of hydrogen-bond acceptors (Lipinski definition) is 3. The summed E-state index contributed by atoms with van der Waals surface area (Å²) in [6.07, 6.45) is 1.69. The van der Waals surface area contributed by atoms with Crippen LogP contribution in [0.5, 0.6) is 0 Å². The fourth-order valence-electron chi connectivity index (χ4n) is 2.40. The summed E-state index contributed by atoms with van der Waals surface area (Å²) in [5, 5.41) is 2.64. The maximum absolute atomic E-state index is 13.9. The highest BCUT2D eigenvalue weighted by atomic mass is 32.1. The Morgan fingerprint density at radius 3 is 2.89 bits per heavy atom. The largest absolute Gasteiger partial charge is 0.389 e. The number of nitrogens with two attached hydrogens (primary N) is 1. The van der Waals surface area contributed by atoms with Crippen LogP contribution in [-0.2, 0) is 4.79 Å². The molecule has 0 saturated carbocycles. The highest BCUT2D eigenvalue weighted by Gasteiger charge is 2.30. The second-order valence-corrected chi connectivity index (χ2v) is 4.93. The monoisotopic (exact) mass is 281 g/mol. The predicted octanol–water partition coefficient (Wildman–Crippen LogP) is 1.17. The first kappa shape index (κ1) is 13.7. The van der Waals surface area contributed by atoms with E-state index in [2.05, 4.69) is 5.32 Å². The van der Waals surface area contributed by atoms with Crippen LogP contribution in [0, 0.1) is 5.82 Å². The number of carbonyl (C=O) groups excluding carboxylic acids is 1. The highest BCUT2D eigenvalue weighted by Crippen LogP contribution is 2.27. The Kier molecular flexibility index (Phi) is 3.99. The summed E-state index contributed by atoms with van der Waals surface area (Å²) in [5.41, 5.74) is 6.34. The predicted molar refractivity (Wildman–Crippen MR) is 76.7 cm³/mol. The smallest absolute Gasteiger partial charge is 0.242 e. The van der Waals surface area contributed by atoms with E-state index in [1.165, 1.54) is 6.07 Å². The first-order valence-corrected chi connectivity index (χ1v) is 6.53. The van der Waals surface area contributed by atoms with Gasteiger partial charge in [0.1, 0.15) is 16.8 Å². The lowest BCUT2D eigenvalue weighted by Crippen LogP contribution is -2.42. The lowest BCUT2D eigenvalue weighted by molar-refractivity contribution is -0.121.